The smallest absolute Gasteiger partial charge is 0.323 e. The molecule has 0 bridgehead atoms. The van der Waals surface area contributed by atoms with Crippen LogP contribution in [0.2, 0.25) is 0 Å². The SMILES string of the molecule is Cc1ccc(CC(C)(N)C(=O)O)cc1. The van der Waals surface area contributed by atoms with Gasteiger partial charge in [0.05, 0.1) is 0 Å². The van der Waals surface area contributed by atoms with Gasteiger partial charge in [-0.15, -0.1) is 0 Å². The molecule has 1 unspecified atom stereocenters. The van der Waals surface area contributed by atoms with Crippen molar-refractivity contribution in [2.45, 2.75) is 25.8 Å². The van der Waals surface area contributed by atoms with Gasteiger partial charge in [-0.3, -0.25) is 4.79 Å². The Kier molecular flexibility index (Phi) is 2.91. The zero-order valence-electron chi connectivity index (χ0n) is 8.45. The second-order valence-corrected chi connectivity index (χ2v) is 3.88. The molecule has 3 heteroatoms. The molecule has 0 aliphatic rings. The summed E-state index contributed by atoms with van der Waals surface area (Å²) in [6, 6.07) is 7.72. The number of hydrogen-bond acceptors (Lipinski definition) is 2. The molecule has 76 valence electrons. The van der Waals surface area contributed by atoms with Crippen molar-refractivity contribution in [1.82, 2.24) is 0 Å². The number of aryl methyl sites for hydroxylation is 1. The third-order valence-corrected chi connectivity index (χ3v) is 2.18. The number of rotatable bonds is 3. The van der Waals surface area contributed by atoms with Gasteiger partial charge in [0.15, 0.2) is 0 Å². The molecule has 0 radical (unpaired) electrons. The fourth-order valence-corrected chi connectivity index (χ4v) is 1.21. The van der Waals surface area contributed by atoms with Crippen molar-refractivity contribution in [1.29, 1.82) is 0 Å². The average Bonchev–Trinajstić information content (AvgIpc) is 2.08. The Balaban J connectivity index is 2.79. The first-order chi connectivity index (χ1) is 6.42. The lowest BCUT2D eigenvalue weighted by molar-refractivity contribution is -0.142. The summed E-state index contributed by atoms with van der Waals surface area (Å²) in [6.45, 7) is 3.51. The Bertz CT molecular complexity index is 328. The van der Waals surface area contributed by atoms with E-state index in [1.54, 1.807) is 0 Å². The molecule has 0 saturated carbocycles. The van der Waals surface area contributed by atoms with E-state index >= 15 is 0 Å². The highest BCUT2D eigenvalue weighted by Gasteiger charge is 2.27. The summed E-state index contributed by atoms with van der Waals surface area (Å²) in [5.74, 6) is -0.974. The van der Waals surface area contributed by atoms with Crippen LogP contribution in [0.5, 0.6) is 0 Å². The second-order valence-electron chi connectivity index (χ2n) is 3.88. The highest BCUT2D eigenvalue weighted by molar-refractivity contribution is 5.78. The van der Waals surface area contributed by atoms with Gasteiger partial charge in [0.25, 0.3) is 0 Å². The predicted octanol–water partition coefficient (Wildman–Crippen LogP) is 1.34. The van der Waals surface area contributed by atoms with Gasteiger partial charge < -0.3 is 10.8 Å². The third kappa shape index (κ3) is 2.57. The highest BCUT2D eigenvalue weighted by Crippen LogP contribution is 2.11. The molecule has 14 heavy (non-hydrogen) atoms. The standard InChI is InChI=1S/C11H15NO2/c1-8-3-5-9(6-4-8)7-11(2,12)10(13)14/h3-6H,7,12H2,1-2H3,(H,13,14). The van der Waals surface area contributed by atoms with Crippen molar-refractivity contribution in [2.24, 2.45) is 5.73 Å². The van der Waals surface area contributed by atoms with Crippen LogP contribution in [0.3, 0.4) is 0 Å². The van der Waals surface area contributed by atoms with E-state index in [2.05, 4.69) is 0 Å². The second kappa shape index (κ2) is 3.80. The summed E-state index contributed by atoms with van der Waals surface area (Å²) in [4.78, 5) is 10.8. The number of carboxylic acid groups (broad SMARTS) is 1. The minimum absolute atomic E-state index is 0.350. The van der Waals surface area contributed by atoms with Crippen LogP contribution in [0.4, 0.5) is 0 Å². The maximum atomic E-state index is 10.8. The molecule has 1 aromatic rings. The Morgan fingerprint density at radius 3 is 2.36 bits per heavy atom. The van der Waals surface area contributed by atoms with Crippen LogP contribution in [0.25, 0.3) is 0 Å². The monoisotopic (exact) mass is 193 g/mol. The summed E-state index contributed by atoms with van der Waals surface area (Å²) in [5, 5.41) is 8.83. The number of nitrogens with two attached hydrogens (primary N) is 1. The number of carbonyl (C=O) groups is 1. The third-order valence-electron chi connectivity index (χ3n) is 2.18. The lowest BCUT2D eigenvalue weighted by Gasteiger charge is -2.18. The van der Waals surface area contributed by atoms with Crippen molar-refractivity contribution in [3.63, 3.8) is 0 Å². The fourth-order valence-electron chi connectivity index (χ4n) is 1.21. The molecule has 0 saturated heterocycles. The van der Waals surface area contributed by atoms with Gasteiger partial charge in [-0.05, 0) is 19.4 Å². The van der Waals surface area contributed by atoms with Crippen LogP contribution in [-0.4, -0.2) is 16.6 Å². The van der Waals surface area contributed by atoms with Gasteiger partial charge in [0, 0.05) is 6.42 Å². The van der Waals surface area contributed by atoms with Crippen LogP contribution in [0.1, 0.15) is 18.1 Å². The molecule has 0 spiro atoms. The van der Waals surface area contributed by atoms with Crippen molar-refractivity contribution >= 4 is 5.97 Å². The molecular formula is C11H15NO2. The largest absolute Gasteiger partial charge is 0.480 e. The fraction of sp³-hybridized carbons (Fsp3) is 0.364. The topological polar surface area (TPSA) is 63.3 Å². The van der Waals surface area contributed by atoms with E-state index in [1.165, 1.54) is 6.92 Å². The molecule has 0 fully saturated rings. The Labute approximate surface area is 83.6 Å². The molecule has 1 rings (SSSR count). The quantitative estimate of drug-likeness (QED) is 0.761. The molecule has 1 aromatic carbocycles. The Hall–Kier alpha value is -1.35. The number of carboxylic acids is 1. The summed E-state index contributed by atoms with van der Waals surface area (Å²) in [7, 11) is 0. The number of hydrogen-bond donors (Lipinski definition) is 2. The summed E-state index contributed by atoms with van der Waals surface area (Å²) < 4.78 is 0. The van der Waals surface area contributed by atoms with Gasteiger partial charge in [0.2, 0.25) is 0 Å². The van der Waals surface area contributed by atoms with Crippen LogP contribution >= 0.6 is 0 Å². The van der Waals surface area contributed by atoms with Crippen LogP contribution in [0.15, 0.2) is 24.3 Å². The zero-order valence-corrected chi connectivity index (χ0v) is 8.45. The Morgan fingerprint density at radius 2 is 1.93 bits per heavy atom. The average molecular weight is 193 g/mol. The van der Waals surface area contributed by atoms with Gasteiger partial charge in [-0.25, -0.2) is 0 Å². The summed E-state index contributed by atoms with van der Waals surface area (Å²) >= 11 is 0. The van der Waals surface area contributed by atoms with Gasteiger partial charge in [0.1, 0.15) is 5.54 Å². The van der Waals surface area contributed by atoms with Crippen LogP contribution < -0.4 is 5.73 Å². The first-order valence-electron chi connectivity index (χ1n) is 4.49. The van der Waals surface area contributed by atoms with Gasteiger partial charge >= 0.3 is 5.97 Å². The molecule has 0 aliphatic heterocycles. The predicted molar refractivity (Wildman–Crippen MR) is 55.1 cm³/mol. The van der Waals surface area contributed by atoms with E-state index in [4.69, 9.17) is 10.8 Å². The normalized spacial score (nSPS) is 14.8. The zero-order chi connectivity index (χ0) is 10.8. The molecular weight excluding hydrogens is 178 g/mol. The Morgan fingerprint density at radius 1 is 1.43 bits per heavy atom. The van der Waals surface area contributed by atoms with E-state index in [0.717, 1.165) is 11.1 Å². The van der Waals surface area contributed by atoms with E-state index in [1.807, 2.05) is 31.2 Å². The van der Waals surface area contributed by atoms with E-state index < -0.39 is 11.5 Å². The van der Waals surface area contributed by atoms with Crippen molar-refractivity contribution in [3.05, 3.63) is 35.4 Å². The van der Waals surface area contributed by atoms with Crippen molar-refractivity contribution < 1.29 is 9.90 Å². The highest BCUT2D eigenvalue weighted by atomic mass is 16.4. The van der Waals surface area contributed by atoms with E-state index in [-0.39, 0.29) is 0 Å². The molecule has 3 N–H and O–H groups in total. The lowest BCUT2D eigenvalue weighted by Crippen LogP contribution is -2.46. The summed E-state index contributed by atoms with van der Waals surface area (Å²) in [5.41, 5.74) is 6.55. The van der Waals surface area contributed by atoms with Crippen molar-refractivity contribution in [3.8, 4) is 0 Å². The van der Waals surface area contributed by atoms with E-state index in [9.17, 15) is 4.79 Å². The van der Waals surface area contributed by atoms with E-state index in [0.29, 0.717) is 6.42 Å². The molecule has 0 amide bonds. The first-order valence-corrected chi connectivity index (χ1v) is 4.49. The summed E-state index contributed by atoms with van der Waals surface area (Å²) in [6.07, 6.45) is 0.350. The molecule has 0 aromatic heterocycles. The van der Waals surface area contributed by atoms with Gasteiger partial charge in [-0.1, -0.05) is 29.8 Å². The maximum absolute atomic E-state index is 10.8. The molecule has 1 atom stereocenters. The van der Waals surface area contributed by atoms with Crippen molar-refractivity contribution in [2.75, 3.05) is 0 Å². The van der Waals surface area contributed by atoms with Gasteiger partial charge in [-0.2, -0.15) is 0 Å². The molecule has 0 aliphatic carbocycles. The van der Waals surface area contributed by atoms with Crippen LogP contribution in [-0.2, 0) is 11.2 Å². The first kappa shape index (κ1) is 10.7. The number of benzene rings is 1. The minimum Gasteiger partial charge on any atom is -0.480 e. The minimum atomic E-state index is -1.19. The van der Waals surface area contributed by atoms with Crippen LogP contribution in [0, 0.1) is 6.92 Å². The molecule has 0 heterocycles. The molecule has 3 nitrogen and oxygen atoms in total. The number of aliphatic carboxylic acids is 1. The maximum Gasteiger partial charge on any atom is 0.323 e. The lowest BCUT2D eigenvalue weighted by atomic mass is 9.94.